The van der Waals surface area contributed by atoms with E-state index in [9.17, 15) is 4.79 Å². The van der Waals surface area contributed by atoms with Crippen LogP contribution in [0.25, 0.3) is 5.69 Å². The molecule has 6 nitrogen and oxygen atoms in total. The van der Waals surface area contributed by atoms with Gasteiger partial charge in [0.25, 0.3) is 0 Å². The molecular weight excluding hydrogens is 296 g/mol. The van der Waals surface area contributed by atoms with Gasteiger partial charge in [-0.05, 0) is 38.0 Å². The molecule has 0 aliphatic heterocycles. The van der Waals surface area contributed by atoms with Gasteiger partial charge in [-0.2, -0.15) is 5.10 Å². The lowest BCUT2D eigenvalue weighted by atomic mass is 10.2. The third-order valence-corrected chi connectivity index (χ3v) is 3.41. The minimum absolute atomic E-state index is 0.0249. The molecule has 0 spiro atoms. The van der Waals surface area contributed by atoms with Gasteiger partial charge in [0.1, 0.15) is 12.0 Å². The maximum absolute atomic E-state index is 11.7. The Morgan fingerprint density at radius 1 is 1.17 bits per heavy atom. The molecule has 0 aliphatic rings. The van der Waals surface area contributed by atoms with Crippen LogP contribution in [-0.4, -0.2) is 30.0 Å². The fourth-order valence-corrected chi connectivity index (χ4v) is 1.96. The molecule has 0 saturated heterocycles. The molecule has 1 aromatic carbocycles. The lowest BCUT2D eigenvalue weighted by molar-refractivity contribution is -0.138. The number of hydrogen-bond donors (Lipinski definition) is 0. The maximum Gasteiger partial charge on any atom is 0.377 e. The fourth-order valence-electron chi connectivity index (χ4n) is 1.96. The van der Waals surface area contributed by atoms with Crippen LogP contribution in [0.15, 0.2) is 36.4 Å². The largest absolute Gasteiger partial charge is 0.500 e. The van der Waals surface area contributed by atoms with E-state index in [4.69, 9.17) is 9.47 Å². The number of hydrogen-bond acceptors (Lipinski definition) is 5. The molecule has 0 amide bonds. The molecule has 0 fully saturated rings. The fraction of sp³-hybridized carbons (Fsp3) is 0.294. The normalized spacial score (nSPS) is 11.3. The van der Waals surface area contributed by atoms with Crippen LogP contribution in [0.1, 0.15) is 16.8 Å². The number of ether oxygens (including phenoxy) is 3. The van der Waals surface area contributed by atoms with Gasteiger partial charge in [-0.25, -0.2) is 9.48 Å². The van der Waals surface area contributed by atoms with E-state index in [2.05, 4.69) is 9.84 Å². The van der Waals surface area contributed by atoms with Crippen LogP contribution in [0.4, 0.5) is 0 Å². The van der Waals surface area contributed by atoms with Gasteiger partial charge in [0.2, 0.25) is 5.76 Å². The van der Waals surface area contributed by atoms with Crippen molar-refractivity contribution in [3.8, 4) is 11.4 Å². The SMILES string of the molecule is CO/C=C(\Oc1cc(-n2cc(C)c(C)n2)ccc1C)C(=O)OC. The average Bonchev–Trinajstić information content (AvgIpc) is 2.87. The molecular formula is C17H20N2O4. The van der Waals surface area contributed by atoms with E-state index in [1.807, 2.05) is 45.2 Å². The van der Waals surface area contributed by atoms with E-state index in [-0.39, 0.29) is 5.76 Å². The molecule has 1 heterocycles. The minimum atomic E-state index is -0.609. The predicted octanol–water partition coefficient (Wildman–Crippen LogP) is 2.84. The summed E-state index contributed by atoms with van der Waals surface area (Å²) in [6, 6.07) is 5.65. The Labute approximate surface area is 135 Å². The molecule has 23 heavy (non-hydrogen) atoms. The highest BCUT2D eigenvalue weighted by molar-refractivity contribution is 5.86. The second-order valence-electron chi connectivity index (χ2n) is 5.10. The Hall–Kier alpha value is -2.76. The molecule has 1 aromatic heterocycles. The first-order chi connectivity index (χ1) is 11.0. The molecule has 0 atom stereocenters. The first-order valence-electron chi connectivity index (χ1n) is 7.09. The quantitative estimate of drug-likeness (QED) is 0.482. The standard InChI is InChI=1S/C17H20N2O4/c1-11-6-7-14(19-9-12(2)13(3)18-19)8-15(11)23-16(10-21-4)17(20)22-5/h6-10H,1-5H3/b16-10-. The third-order valence-electron chi connectivity index (χ3n) is 3.41. The Morgan fingerprint density at radius 2 is 1.91 bits per heavy atom. The highest BCUT2D eigenvalue weighted by atomic mass is 16.6. The van der Waals surface area contributed by atoms with E-state index < -0.39 is 5.97 Å². The summed E-state index contributed by atoms with van der Waals surface area (Å²) in [7, 11) is 2.72. The summed E-state index contributed by atoms with van der Waals surface area (Å²) < 4.78 is 17.0. The molecule has 6 heteroatoms. The van der Waals surface area contributed by atoms with Gasteiger partial charge in [-0.1, -0.05) is 6.07 Å². The number of aromatic nitrogens is 2. The van der Waals surface area contributed by atoms with Crippen LogP contribution in [0, 0.1) is 20.8 Å². The molecule has 122 valence electrons. The Kier molecular flexibility index (Phi) is 5.05. The number of carbonyl (C=O) groups is 1. The maximum atomic E-state index is 11.7. The van der Waals surface area contributed by atoms with Crippen molar-refractivity contribution >= 4 is 5.97 Å². The van der Waals surface area contributed by atoms with Crippen molar-refractivity contribution in [3.63, 3.8) is 0 Å². The highest BCUT2D eigenvalue weighted by Gasteiger charge is 2.15. The summed E-state index contributed by atoms with van der Waals surface area (Å²) in [6.45, 7) is 5.84. The van der Waals surface area contributed by atoms with E-state index in [1.165, 1.54) is 20.5 Å². The van der Waals surface area contributed by atoms with Gasteiger partial charge in [0.15, 0.2) is 0 Å². The zero-order chi connectivity index (χ0) is 17.0. The smallest absolute Gasteiger partial charge is 0.377 e. The summed E-state index contributed by atoms with van der Waals surface area (Å²) in [5.74, 6) is -0.104. The first kappa shape index (κ1) is 16.6. The van der Waals surface area contributed by atoms with Gasteiger partial charge in [0, 0.05) is 12.3 Å². The summed E-state index contributed by atoms with van der Waals surface area (Å²) in [5.41, 5.74) is 3.77. The van der Waals surface area contributed by atoms with Crippen molar-refractivity contribution < 1.29 is 19.0 Å². The summed E-state index contributed by atoms with van der Waals surface area (Å²) in [4.78, 5) is 11.7. The predicted molar refractivity (Wildman–Crippen MR) is 85.5 cm³/mol. The van der Waals surface area contributed by atoms with Crippen molar-refractivity contribution in [2.24, 2.45) is 0 Å². The Morgan fingerprint density at radius 3 is 2.48 bits per heavy atom. The van der Waals surface area contributed by atoms with Crippen molar-refractivity contribution in [2.45, 2.75) is 20.8 Å². The van der Waals surface area contributed by atoms with Crippen molar-refractivity contribution in [3.05, 3.63) is 53.2 Å². The van der Waals surface area contributed by atoms with Gasteiger partial charge in [0.05, 0.1) is 25.6 Å². The van der Waals surface area contributed by atoms with E-state index in [0.717, 1.165) is 22.5 Å². The molecule has 0 saturated carbocycles. The van der Waals surface area contributed by atoms with Gasteiger partial charge in [-0.3, -0.25) is 0 Å². The number of methoxy groups -OCH3 is 2. The molecule has 2 rings (SSSR count). The average molecular weight is 316 g/mol. The van der Waals surface area contributed by atoms with Crippen LogP contribution in [0.3, 0.4) is 0 Å². The van der Waals surface area contributed by atoms with Crippen molar-refractivity contribution in [2.75, 3.05) is 14.2 Å². The van der Waals surface area contributed by atoms with Gasteiger partial charge >= 0.3 is 5.97 Å². The molecule has 2 aromatic rings. The van der Waals surface area contributed by atoms with Crippen LogP contribution in [0.5, 0.6) is 5.75 Å². The molecule has 0 bridgehead atoms. The van der Waals surface area contributed by atoms with E-state index in [1.54, 1.807) is 4.68 Å². The highest BCUT2D eigenvalue weighted by Crippen LogP contribution is 2.24. The van der Waals surface area contributed by atoms with E-state index >= 15 is 0 Å². The summed E-state index contributed by atoms with van der Waals surface area (Å²) in [5, 5.41) is 4.45. The first-order valence-corrected chi connectivity index (χ1v) is 7.09. The number of esters is 1. The van der Waals surface area contributed by atoms with E-state index in [0.29, 0.717) is 5.75 Å². The number of aryl methyl sites for hydroxylation is 3. The summed E-state index contributed by atoms with van der Waals surface area (Å²) in [6.07, 6.45) is 3.15. The van der Waals surface area contributed by atoms with Crippen LogP contribution in [0.2, 0.25) is 0 Å². The summed E-state index contributed by atoms with van der Waals surface area (Å²) >= 11 is 0. The molecule has 0 unspecified atom stereocenters. The monoisotopic (exact) mass is 316 g/mol. The molecule has 0 aliphatic carbocycles. The Bertz CT molecular complexity index is 728. The van der Waals surface area contributed by atoms with Crippen LogP contribution in [-0.2, 0) is 14.3 Å². The number of rotatable bonds is 5. The van der Waals surface area contributed by atoms with Crippen molar-refractivity contribution in [1.82, 2.24) is 9.78 Å². The minimum Gasteiger partial charge on any atom is -0.500 e. The number of nitrogens with zero attached hydrogens (tertiary/aromatic N) is 2. The topological polar surface area (TPSA) is 62.6 Å². The zero-order valence-electron chi connectivity index (χ0n) is 13.9. The zero-order valence-corrected chi connectivity index (χ0v) is 13.9. The van der Waals surface area contributed by atoms with Gasteiger partial charge in [-0.15, -0.1) is 0 Å². The van der Waals surface area contributed by atoms with Gasteiger partial charge < -0.3 is 14.2 Å². The van der Waals surface area contributed by atoms with Crippen LogP contribution < -0.4 is 4.74 Å². The van der Waals surface area contributed by atoms with Crippen molar-refractivity contribution in [1.29, 1.82) is 0 Å². The second-order valence-corrected chi connectivity index (χ2v) is 5.10. The van der Waals surface area contributed by atoms with Crippen LogP contribution >= 0.6 is 0 Å². The number of benzene rings is 1. The second kappa shape index (κ2) is 7.00. The lowest BCUT2D eigenvalue weighted by Gasteiger charge is -2.12. The molecule has 0 N–H and O–H groups in total. The Balaban J connectivity index is 2.37. The lowest BCUT2D eigenvalue weighted by Crippen LogP contribution is -2.12. The molecule has 0 radical (unpaired) electrons. The number of carbonyl (C=O) groups excluding carboxylic acids is 1. The third kappa shape index (κ3) is 3.71.